The Labute approximate surface area is 100 Å². The average Bonchev–Trinajstić information content (AvgIpc) is 2.29. The lowest BCUT2D eigenvalue weighted by atomic mass is 9.92. The summed E-state index contributed by atoms with van der Waals surface area (Å²) in [6, 6.07) is 2.63. The van der Waals surface area contributed by atoms with E-state index in [-0.39, 0.29) is 0 Å². The molecular weight excluding hydrogens is 227 g/mol. The molecule has 0 amide bonds. The van der Waals surface area contributed by atoms with E-state index in [1.807, 2.05) is 0 Å². The van der Waals surface area contributed by atoms with Crippen molar-refractivity contribution in [3.8, 4) is 0 Å². The molecule has 0 spiro atoms. The van der Waals surface area contributed by atoms with Gasteiger partial charge < -0.3 is 0 Å². The van der Waals surface area contributed by atoms with E-state index in [1.165, 1.54) is 6.20 Å². The standard InChI is InChI=1S/C13H18F3N/c1-3-5-6-10(4-2)11-7-8-12(17-9-11)13(14,15)16/h7-10H,3-6H2,1-2H3. The van der Waals surface area contributed by atoms with Crippen LogP contribution < -0.4 is 0 Å². The van der Waals surface area contributed by atoms with E-state index in [9.17, 15) is 13.2 Å². The van der Waals surface area contributed by atoms with Crippen molar-refractivity contribution in [1.29, 1.82) is 0 Å². The van der Waals surface area contributed by atoms with E-state index >= 15 is 0 Å². The number of rotatable bonds is 5. The largest absolute Gasteiger partial charge is 0.433 e. The number of halogens is 3. The summed E-state index contributed by atoms with van der Waals surface area (Å²) < 4.78 is 37.0. The Hall–Kier alpha value is -1.06. The second-order valence-corrected chi connectivity index (χ2v) is 4.22. The third kappa shape index (κ3) is 4.02. The second-order valence-electron chi connectivity index (χ2n) is 4.22. The first-order valence-electron chi connectivity index (χ1n) is 6.02. The normalized spacial score (nSPS) is 13.7. The summed E-state index contributed by atoms with van der Waals surface area (Å²) >= 11 is 0. The summed E-state index contributed by atoms with van der Waals surface area (Å²) in [6.07, 6.45) is 1.17. The van der Waals surface area contributed by atoms with Crippen molar-refractivity contribution < 1.29 is 13.2 Å². The molecule has 0 aliphatic heterocycles. The van der Waals surface area contributed by atoms with Gasteiger partial charge in [-0.1, -0.05) is 32.8 Å². The molecule has 1 atom stereocenters. The molecule has 0 N–H and O–H groups in total. The fourth-order valence-electron chi connectivity index (χ4n) is 1.87. The van der Waals surface area contributed by atoms with Gasteiger partial charge in [-0.05, 0) is 30.4 Å². The summed E-state index contributed by atoms with van der Waals surface area (Å²) in [6.45, 7) is 4.16. The van der Waals surface area contributed by atoms with E-state index in [1.54, 1.807) is 6.07 Å². The van der Waals surface area contributed by atoms with Gasteiger partial charge in [0, 0.05) is 6.20 Å². The minimum Gasteiger partial charge on any atom is -0.251 e. The Bertz CT molecular complexity index is 330. The van der Waals surface area contributed by atoms with Gasteiger partial charge in [-0.15, -0.1) is 0 Å². The topological polar surface area (TPSA) is 12.9 Å². The maximum absolute atomic E-state index is 12.3. The van der Waals surface area contributed by atoms with Crippen molar-refractivity contribution in [2.24, 2.45) is 0 Å². The first-order chi connectivity index (χ1) is 7.99. The summed E-state index contributed by atoms with van der Waals surface area (Å²) in [5.74, 6) is 0.324. The molecule has 1 aromatic heterocycles. The zero-order valence-corrected chi connectivity index (χ0v) is 10.2. The number of hydrogen-bond acceptors (Lipinski definition) is 1. The molecule has 1 aromatic rings. The van der Waals surface area contributed by atoms with Crippen LogP contribution in [0.2, 0.25) is 0 Å². The van der Waals surface area contributed by atoms with Gasteiger partial charge in [-0.3, -0.25) is 4.98 Å². The molecule has 0 saturated carbocycles. The van der Waals surface area contributed by atoms with Crippen molar-refractivity contribution in [3.05, 3.63) is 29.6 Å². The molecule has 0 aliphatic rings. The molecular formula is C13H18F3N. The van der Waals surface area contributed by atoms with Gasteiger partial charge >= 0.3 is 6.18 Å². The number of hydrogen-bond donors (Lipinski definition) is 0. The molecule has 0 aromatic carbocycles. The van der Waals surface area contributed by atoms with Gasteiger partial charge in [-0.2, -0.15) is 13.2 Å². The highest BCUT2D eigenvalue weighted by atomic mass is 19.4. The van der Waals surface area contributed by atoms with E-state index in [2.05, 4.69) is 18.8 Å². The average molecular weight is 245 g/mol. The number of unbranched alkanes of at least 4 members (excludes halogenated alkanes) is 1. The maximum Gasteiger partial charge on any atom is 0.433 e. The summed E-state index contributed by atoms with van der Waals surface area (Å²) in [5, 5.41) is 0. The Morgan fingerprint density at radius 2 is 1.94 bits per heavy atom. The molecule has 1 rings (SSSR count). The summed E-state index contributed by atoms with van der Waals surface area (Å²) in [4.78, 5) is 3.50. The Balaban J connectivity index is 2.78. The number of alkyl halides is 3. The molecule has 0 fully saturated rings. The van der Waals surface area contributed by atoms with E-state index in [0.717, 1.165) is 37.3 Å². The quantitative estimate of drug-likeness (QED) is 0.727. The van der Waals surface area contributed by atoms with Crippen LogP contribution in [0.5, 0.6) is 0 Å². The second kappa shape index (κ2) is 6.03. The summed E-state index contributed by atoms with van der Waals surface area (Å²) in [7, 11) is 0. The molecule has 1 nitrogen and oxygen atoms in total. The fraction of sp³-hybridized carbons (Fsp3) is 0.615. The third-order valence-electron chi connectivity index (χ3n) is 2.95. The molecule has 0 radical (unpaired) electrons. The Morgan fingerprint density at radius 3 is 2.35 bits per heavy atom. The lowest BCUT2D eigenvalue weighted by Gasteiger charge is -2.15. The van der Waals surface area contributed by atoms with Crippen molar-refractivity contribution >= 4 is 0 Å². The van der Waals surface area contributed by atoms with Crippen molar-refractivity contribution in [2.75, 3.05) is 0 Å². The lowest BCUT2D eigenvalue weighted by molar-refractivity contribution is -0.141. The highest BCUT2D eigenvalue weighted by molar-refractivity contribution is 5.19. The monoisotopic (exact) mass is 245 g/mol. The van der Waals surface area contributed by atoms with Crippen LogP contribution in [0.3, 0.4) is 0 Å². The van der Waals surface area contributed by atoms with Crippen LogP contribution in [0.15, 0.2) is 18.3 Å². The SMILES string of the molecule is CCCCC(CC)c1ccc(C(F)(F)F)nc1. The van der Waals surface area contributed by atoms with Crippen LogP contribution in [0.25, 0.3) is 0 Å². The van der Waals surface area contributed by atoms with Crippen LogP contribution in [-0.2, 0) is 6.18 Å². The highest BCUT2D eigenvalue weighted by Gasteiger charge is 2.32. The minimum atomic E-state index is -4.34. The fourth-order valence-corrected chi connectivity index (χ4v) is 1.87. The van der Waals surface area contributed by atoms with Crippen molar-refractivity contribution in [2.45, 2.75) is 51.6 Å². The zero-order valence-electron chi connectivity index (χ0n) is 10.2. The predicted octanol–water partition coefficient (Wildman–Crippen LogP) is 4.78. The van der Waals surface area contributed by atoms with Gasteiger partial charge in [0.2, 0.25) is 0 Å². The molecule has 17 heavy (non-hydrogen) atoms. The van der Waals surface area contributed by atoms with Crippen LogP contribution in [0.1, 0.15) is 56.7 Å². The van der Waals surface area contributed by atoms with E-state index < -0.39 is 11.9 Å². The first-order valence-corrected chi connectivity index (χ1v) is 6.02. The highest BCUT2D eigenvalue weighted by Crippen LogP contribution is 2.30. The van der Waals surface area contributed by atoms with Crippen LogP contribution in [0, 0.1) is 0 Å². The molecule has 0 saturated heterocycles. The van der Waals surface area contributed by atoms with Crippen LogP contribution >= 0.6 is 0 Å². The maximum atomic E-state index is 12.3. The molecule has 1 unspecified atom stereocenters. The van der Waals surface area contributed by atoms with Crippen molar-refractivity contribution in [3.63, 3.8) is 0 Å². The first kappa shape index (κ1) is 14.0. The van der Waals surface area contributed by atoms with E-state index in [0.29, 0.717) is 5.92 Å². The van der Waals surface area contributed by atoms with Gasteiger partial charge in [0.25, 0.3) is 0 Å². The molecule has 1 heterocycles. The lowest BCUT2D eigenvalue weighted by Crippen LogP contribution is -2.08. The van der Waals surface area contributed by atoms with Gasteiger partial charge in [0.15, 0.2) is 0 Å². The molecule has 96 valence electrons. The van der Waals surface area contributed by atoms with Crippen LogP contribution in [-0.4, -0.2) is 4.98 Å². The van der Waals surface area contributed by atoms with Crippen molar-refractivity contribution in [1.82, 2.24) is 4.98 Å². The molecule has 0 bridgehead atoms. The zero-order chi connectivity index (χ0) is 12.9. The minimum absolute atomic E-state index is 0.324. The third-order valence-corrected chi connectivity index (χ3v) is 2.95. The molecule has 0 aliphatic carbocycles. The van der Waals surface area contributed by atoms with E-state index in [4.69, 9.17) is 0 Å². The van der Waals surface area contributed by atoms with Gasteiger partial charge in [-0.25, -0.2) is 0 Å². The van der Waals surface area contributed by atoms with Crippen LogP contribution in [0.4, 0.5) is 13.2 Å². The molecule has 4 heteroatoms. The number of nitrogens with zero attached hydrogens (tertiary/aromatic N) is 1. The summed E-state index contributed by atoms with van der Waals surface area (Å²) in [5.41, 5.74) is 0.0977. The van der Waals surface area contributed by atoms with Gasteiger partial charge in [0.05, 0.1) is 0 Å². The predicted molar refractivity (Wildman–Crippen MR) is 61.8 cm³/mol. The Kier molecular flexibility index (Phi) is 4.97. The number of pyridine rings is 1. The Morgan fingerprint density at radius 1 is 1.24 bits per heavy atom. The van der Waals surface area contributed by atoms with Gasteiger partial charge in [0.1, 0.15) is 5.69 Å². The smallest absolute Gasteiger partial charge is 0.251 e. The number of aromatic nitrogens is 1.